The van der Waals surface area contributed by atoms with Crippen LogP contribution in [0.5, 0.6) is 0 Å². The highest BCUT2D eigenvalue weighted by Gasteiger charge is 2.28. The van der Waals surface area contributed by atoms with Crippen LogP contribution < -0.4 is 11.1 Å². The van der Waals surface area contributed by atoms with Crippen LogP contribution in [-0.4, -0.2) is 16.9 Å². The van der Waals surface area contributed by atoms with Gasteiger partial charge in [0.15, 0.2) is 0 Å². The Kier molecular flexibility index (Phi) is 4.23. The first kappa shape index (κ1) is 13.6. The standard InChI is InChI=1S/C13H21N3O/c1-9(10-6-5-7-15-8-10)16-12(17)11(14)13(2,3)4/h5-9,11H,14H2,1-4H3,(H,16,17)/t9-,11?/m0/s1. The topological polar surface area (TPSA) is 68.0 Å². The van der Waals surface area contributed by atoms with Crippen molar-refractivity contribution in [3.05, 3.63) is 30.1 Å². The van der Waals surface area contributed by atoms with Crippen LogP contribution in [0, 0.1) is 5.41 Å². The van der Waals surface area contributed by atoms with E-state index in [1.807, 2.05) is 39.8 Å². The average Bonchev–Trinajstić information content (AvgIpc) is 2.27. The smallest absolute Gasteiger partial charge is 0.237 e. The minimum atomic E-state index is -0.512. The van der Waals surface area contributed by atoms with Crippen molar-refractivity contribution >= 4 is 5.91 Å². The van der Waals surface area contributed by atoms with Gasteiger partial charge in [-0.25, -0.2) is 0 Å². The fourth-order valence-corrected chi connectivity index (χ4v) is 1.41. The van der Waals surface area contributed by atoms with Gasteiger partial charge in [-0.3, -0.25) is 9.78 Å². The van der Waals surface area contributed by atoms with Gasteiger partial charge in [0, 0.05) is 12.4 Å². The van der Waals surface area contributed by atoms with Gasteiger partial charge in [-0.2, -0.15) is 0 Å². The van der Waals surface area contributed by atoms with Crippen LogP contribution in [0.15, 0.2) is 24.5 Å². The molecule has 0 spiro atoms. The van der Waals surface area contributed by atoms with E-state index >= 15 is 0 Å². The van der Waals surface area contributed by atoms with Crippen molar-refractivity contribution in [2.45, 2.75) is 39.8 Å². The molecule has 3 N–H and O–H groups in total. The third kappa shape index (κ3) is 3.82. The summed E-state index contributed by atoms with van der Waals surface area (Å²) in [6.07, 6.45) is 3.45. The van der Waals surface area contributed by atoms with Gasteiger partial charge < -0.3 is 11.1 Å². The summed E-state index contributed by atoms with van der Waals surface area (Å²) in [4.78, 5) is 15.9. The van der Waals surface area contributed by atoms with Crippen molar-refractivity contribution in [1.29, 1.82) is 0 Å². The number of nitrogens with two attached hydrogens (primary N) is 1. The second-order valence-electron chi connectivity index (χ2n) is 5.36. The second kappa shape index (κ2) is 5.27. The van der Waals surface area contributed by atoms with Gasteiger partial charge in [0.05, 0.1) is 12.1 Å². The molecule has 1 heterocycles. The molecule has 0 aliphatic heterocycles. The van der Waals surface area contributed by atoms with Crippen molar-refractivity contribution in [2.75, 3.05) is 0 Å². The predicted molar refractivity (Wildman–Crippen MR) is 68.2 cm³/mol. The zero-order chi connectivity index (χ0) is 13.1. The van der Waals surface area contributed by atoms with Gasteiger partial charge in [-0.1, -0.05) is 26.8 Å². The first-order chi connectivity index (χ1) is 7.82. The number of amides is 1. The van der Waals surface area contributed by atoms with Crippen LogP contribution in [0.2, 0.25) is 0 Å². The number of pyridine rings is 1. The van der Waals surface area contributed by atoms with Crippen LogP contribution >= 0.6 is 0 Å². The lowest BCUT2D eigenvalue weighted by Crippen LogP contribution is -2.49. The normalized spacial score (nSPS) is 15.1. The Morgan fingerprint density at radius 3 is 2.59 bits per heavy atom. The molecule has 0 bridgehead atoms. The number of aromatic nitrogens is 1. The third-order valence-electron chi connectivity index (χ3n) is 2.76. The molecule has 4 heteroatoms. The van der Waals surface area contributed by atoms with Gasteiger partial charge in [0.25, 0.3) is 0 Å². The molecule has 0 fully saturated rings. The molecule has 0 aromatic carbocycles. The van der Waals surface area contributed by atoms with E-state index in [1.165, 1.54) is 0 Å². The fourth-order valence-electron chi connectivity index (χ4n) is 1.41. The van der Waals surface area contributed by atoms with Gasteiger partial charge >= 0.3 is 0 Å². The molecular formula is C13H21N3O. The number of hydrogen-bond donors (Lipinski definition) is 2. The van der Waals surface area contributed by atoms with Gasteiger partial charge in [0.2, 0.25) is 5.91 Å². The summed E-state index contributed by atoms with van der Waals surface area (Å²) >= 11 is 0. The van der Waals surface area contributed by atoms with Crippen LogP contribution in [0.3, 0.4) is 0 Å². The summed E-state index contributed by atoms with van der Waals surface area (Å²) in [7, 11) is 0. The van der Waals surface area contributed by atoms with E-state index in [0.29, 0.717) is 0 Å². The number of rotatable bonds is 3. The van der Waals surface area contributed by atoms with Crippen molar-refractivity contribution in [2.24, 2.45) is 11.1 Å². The SMILES string of the molecule is C[C@H](NC(=O)C(N)C(C)(C)C)c1cccnc1. The monoisotopic (exact) mass is 235 g/mol. The Morgan fingerprint density at radius 2 is 2.12 bits per heavy atom. The molecule has 4 nitrogen and oxygen atoms in total. The Labute approximate surface area is 103 Å². The lowest BCUT2D eigenvalue weighted by atomic mass is 9.87. The molecule has 0 aliphatic carbocycles. The number of carbonyl (C=O) groups is 1. The molecule has 2 atom stereocenters. The maximum atomic E-state index is 11.9. The summed E-state index contributed by atoms with van der Waals surface area (Å²) in [6.45, 7) is 7.77. The predicted octanol–water partition coefficient (Wildman–Crippen LogP) is 1.63. The summed E-state index contributed by atoms with van der Waals surface area (Å²) in [6, 6.07) is 3.19. The Hall–Kier alpha value is -1.42. The van der Waals surface area contributed by atoms with Crippen LogP contribution in [-0.2, 0) is 4.79 Å². The number of nitrogens with one attached hydrogen (secondary N) is 1. The minimum absolute atomic E-state index is 0.0791. The first-order valence-electron chi connectivity index (χ1n) is 5.78. The molecule has 1 amide bonds. The zero-order valence-electron chi connectivity index (χ0n) is 10.9. The molecular weight excluding hydrogens is 214 g/mol. The van der Waals surface area contributed by atoms with Crippen LogP contribution in [0.1, 0.15) is 39.3 Å². The van der Waals surface area contributed by atoms with Gasteiger partial charge in [-0.05, 0) is 24.0 Å². The largest absolute Gasteiger partial charge is 0.348 e. The fraction of sp³-hybridized carbons (Fsp3) is 0.538. The Bertz CT molecular complexity index is 370. The maximum absolute atomic E-state index is 11.9. The van der Waals surface area contributed by atoms with E-state index in [-0.39, 0.29) is 17.4 Å². The highest BCUT2D eigenvalue weighted by Crippen LogP contribution is 2.18. The van der Waals surface area contributed by atoms with E-state index in [2.05, 4.69) is 10.3 Å². The summed E-state index contributed by atoms with van der Waals surface area (Å²) in [5, 5.41) is 2.90. The summed E-state index contributed by atoms with van der Waals surface area (Å²) in [5.41, 5.74) is 6.63. The summed E-state index contributed by atoms with van der Waals surface area (Å²) in [5.74, 6) is -0.131. The van der Waals surface area contributed by atoms with Crippen molar-refractivity contribution in [3.8, 4) is 0 Å². The van der Waals surface area contributed by atoms with Crippen LogP contribution in [0.25, 0.3) is 0 Å². The molecule has 1 unspecified atom stereocenters. The average molecular weight is 235 g/mol. The van der Waals surface area contributed by atoms with E-state index in [4.69, 9.17) is 5.73 Å². The Morgan fingerprint density at radius 1 is 1.47 bits per heavy atom. The quantitative estimate of drug-likeness (QED) is 0.836. The number of nitrogens with zero attached hydrogens (tertiary/aromatic N) is 1. The van der Waals surface area contributed by atoms with Gasteiger partial charge in [-0.15, -0.1) is 0 Å². The van der Waals surface area contributed by atoms with Crippen molar-refractivity contribution < 1.29 is 4.79 Å². The lowest BCUT2D eigenvalue weighted by molar-refractivity contribution is -0.125. The van der Waals surface area contributed by atoms with E-state index in [1.54, 1.807) is 12.4 Å². The minimum Gasteiger partial charge on any atom is -0.348 e. The van der Waals surface area contributed by atoms with E-state index in [9.17, 15) is 4.79 Å². The lowest BCUT2D eigenvalue weighted by Gasteiger charge is -2.27. The van der Waals surface area contributed by atoms with E-state index < -0.39 is 6.04 Å². The third-order valence-corrected chi connectivity index (χ3v) is 2.76. The number of hydrogen-bond acceptors (Lipinski definition) is 3. The summed E-state index contributed by atoms with van der Waals surface area (Å²) < 4.78 is 0. The number of carbonyl (C=O) groups excluding carboxylic acids is 1. The highest BCUT2D eigenvalue weighted by molar-refractivity contribution is 5.82. The molecule has 17 heavy (non-hydrogen) atoms. The Balaban J connectivity index is 2.64. The van der Waals surface area contributed by atoms with Crippen LogP contribution in [0.4, 0.5) is 0 Å². The van der Waals surface area contributed by atoms with Gasteiger partial charge in [0.1, 0.15) is 0 Å². The molecule has 94 valence electrons. The molecule has 1 aromatic heterocycles. The zero-order valence-corrected chi connectivity index (χ0v) is 10.9. The maximum Gasteiger partial charge on any atom is 0.237 e. The highest BCUT2D eigenvalue weighted by atomic mass is 16.2. The van der Waals surface area contributed by atoms with Crippen molar-refractivity contribution in [3.63, 3.8) is 0 Å². The molecule has 0 aliphatic rings. The van der Waals surface area contributed by atoms with E-state index in [0.717, 1.165) is 5.56 Å². The molecule has 1 aromatic rings. The molecule has 0 saturated carbocycles. The first-order valence-corrected chi connectivity index (χ1v) is 5.78. The molecule has 1 rings (SSSR count). The molecule has 0 radical (unpaired) electrons. The second-order valence-corrected chi connectivity index (χ2v) is 5.36. The van der Waals surface area contributed by atoms with Crippen molar-refractivity contribution in [1.82, 2.24) is 10.3 Å². The molecule has 0 saturated heterocycles.